The number of imidazole rings is 1. The van der Waals surface area contributed by atoms with Crippen LogP contribution in [0.1, 0.15) is 5.69 Å². The lowest BCUT2D eigenvalue weighted by Crippen LogP contribution is -2.00. The van der Waals surface area contributed by atoms with Gasteiger partial charge in [0.2, 0.25) is 0 Å². The van der Waals surface area contributed by atoms with E-state index in [1.165, 1.54) is 0 Å². The minimum absolute atomic E-state index is 0.224. The van der Waals surface area contributed by atoms with Crippen LogP contribution >= 0.6 is 11.6 Å². The van der Waals surface area contributed by atoms with E-state index in [9.17, 15) is 4.79 Å². The molecule has 0 radical (unpaired) electrons. The third kappa shape index (κ3) is 2.82. The molecule has 7 heteroatoms. The summed E-state index contributed by atoms with van der Waals surface area (Å²) >= 11 is 6.04. The Morgan fingerprint density at radius 2 is 1.95 bits per heavy atom. The molecule has 0 saturated carbocycles. The van der Waals surface area contributed by atoms with Crippen LogP contribution in [-0.2, 0) is 11.2 Å². The second-order valence-corrected chi connectivity index (χ2v) is 4.94. The Kier molecular flexibility index (Phi) is 3.84. The van der Waals surface area contributed by atoms with Crippen molar-refractivity contribution in [1.82, 2.24) is 9.38 Å². The largest absolute Gasteiger partial charge is 0.481 e. The van der Waals surface area contributed by atoms with E-state index < -0.39 is 5.97 Å². The van der Waals surface area contributed by atoms with Crippen LogP contribution in [0.15, 0.2) is 58.9 Å². The van der Waals surface area contributed by atoms with Crippen molar-refractivity contribution in [3.8, 4) is 0 Å². The first-order valence-electron chi connectivity index (χ1n) is 6.49. The molecule has 0 saturated heterocycles. The predicted molar refractivity (Wildman–Crippen MR) is 82.2 cm³/mol. The van der Waals surface area contributed by atoms with Crippen LogP contribution in [0.2, 0.25) is 5.02 Å². The van der Waals surface area contributed by atoms with Gasteiger partial charge in [0.15, 0.2) is 5.82 Å². The molecule has 0 aliphatic rings. The van der Waals surface area contributed by atoms with Crippen molar-refractivity contribution >= 4 is 34.7 Å². The average Bonchev–Trinajstić information content (AvgIpc) is 2.83. The molecule has 6 nitrogen and oxygen atoms in total. The summed E-state index contributed by atoms with van der Waals surface area (Å²) in [6, 6.07) is 12.4. The Balaban J connectivity index is 2.08. The fourth-order valence-corrected chi connectivity index (χ4v) is 2.21. The van der Waals surface area contributed by atoms with Crippen LogP contribution in [-0.4, -0.2) is 20.5 Å². The molecule has 22 heavy (non-hydrogen) atoms. The van der Waals surface area contributed by atoms with Crippen molar-refractivity contribution in [2.75, 3.05) is 0 Å². The molecule has 2 aromatic heterocycles. The summed E-state index contributed by atoms with van der Waals surface area (Å²) in [4.78, 5) is 15.3. The number of aromatic nitrogens is 2. The van der Waals surface area contributed by atoms with E-state index in [1.807, 2.05) is 12.1 Å². The number of pyridine rings is 1. The van der Waals surface area contributed by atoms with Gasteiger partial charge in [0.1, 0.15) is 11.3 Å². The SMILES string of the molecule is O=C(O)Cc1nc2ccccn2c1N=Nc1ccccc1Cl. The van der Waals surface area contributed by atoms with Gasteiger partial charge in [-0.15, -0.1) is 10.2 Å². The highest BCUT2D eigenvalue weighted by Gasteiger charge is 2.14. The van der Waals surface area contributed by atoms with Gasteiger partial charge >= 0.3 is 5.97 Å². The molecule has 3 rings (SSSR count). The van der Waals surface area contributed by atoms with Gasteiger partial charge in [-0.25, -0.2) is 4.98 Å². The molecule has 0 spiro atoms. The van der Waals surface area contributed by atoms with Gasteiger partial charge in [0, 0.05) is 6.20 Å². The molecule has 1 aromatic carbocycles. The Morgan fingerprint density at radius 1 is 1.18 bits per heavy atom. The van der Waals surface area contributed by atoms with Crippen molar-refractivity contribution in [3.05, 3.63) is 59.4 Å². The number of rotatable bonds is 4. The number of hydrogen-bond donors (Lipinski definition) is 1. The normalized spacial score (nSPS) is 11.3. The lowest BCUT2D eigenvalue weighted by Gasteiger charge is -1.98. The zero-order chi connectivity index (χ0) is 15.5. The van der Waals surface area contributed by atoms with Gasteiger partial charge in [-0.05, 0) is 24.3 Å². The molecule has 0 unspecified atom stereocenters. The van der Waals surface area contributed by atoms with Crippen molar-refractivity contribution in [3.63, 3.8) is 0 Å². The quantitative estimate of drug-likeness (QED) is 0.738. The fourth-order valence-electron chi connectivity index (χ4n) is 2.03. The van der Waals surface area contributed by atoms with E-state index in [4.69, 9.17) is 16.7 Å². The minimum Gasteiger partial charge on any atom is -0.481 e. The number of aliphatic carboxylic acids is 1. The van der Waals surface area contributed by atoms with E-state index >= 15 is 0 Å². The van der Waals surface area contributed by atoms with Gasteiger partial charge < -0.3 is 5.11 Å². The van der Waals surface area contributed by atoms with Crippen molar-refractivity contribution < 1.29 is 9.90 Å². The van der Waals surface area contributed by atoms with E-state index in [1.54, 1.807) is 40.9 Å². The number of fused-ring (bicyclic) bond motifs is 1. The summed E-state index contributed by atoms with van der Waals surface area (Å²) < 4.78 is 1.69. The standard InChI is InChI=1S/C15H11ClN4O2/c16-10-5-1-2-6-11(10)18-19-15-12(9-14(21)22)17-13-7-3-4-8-20(13)15/h1-8H,9H2,(H,21,22). The van der Waals surface area contributed by atoms with Gasteiger partial charge in [-0.3, -0.25) is 9.20 Å². The number of nitrogens with zero attached hydrogens (tertiary/aromatic N) is 4. The smallest absolute Gasteiger partial charge is 0.309 e. The number of hydrogen-bond acceptors (Lipinski definition) is 4. The maximum Gasteiger partial charge on any atom is 0.309 e. The van der Waals surface area contributed by atoms with E-state index in [0.717, 1.165) is 0 Å². The summed E-state index contributed by atoms with van der Waals surface area (Å²) in [5.41, 5.74) is 1.48. The topological polar surface area (TPSA) is 79.3 Å². The van der Waals surface area contributed by atoms with Crippen molar-refractivity contribution in [2.24, 2.45) is 10.2 Å². The predicted octanol–water partition coefficient (Wildman–Crippen LogP) is 4.03. The number of azo groups is 1. The van der Waals surface area contributed by atoms with Gasteiger partial charge in [-0.2, -0.15) is 0 Å². The first kappa shape index (κ1) is 14.2. The Labute approximate surface area is 130 Å². The Morgan fingerprint density at radius 3 is 2.73 bits per heavy atom. The van der Waals surface area contributed by atoms with Gasteiger partial charge in [0.05, 0.1) is 17.1 Å². The molecule has 1 N–H and O–H groups in total. The molecule has 3 aromatic rings. The Hall–Kier alpha value is -2.73. The number of carbonyl (C=O) groups is 1. The van der Waals surface area contributed by atoms with Crippen molar-refractivity contribution in [2.45, 2.75) is 6.42 Å². The van der Waals surface area contributed by atoms with Crippen LogP contribution in [0, 0.1) is 0 Å². The molecular formula is C15H11ClN4O2. The summed E-state index contributed by atoms with van der Waals surface area (Å²) in [5.74, 6) is -0.587. The summed E-state index contributed by atoms with van der Waals surface area (Å²) in [6.07, 6.45) is 1.53. The van der Waals surface area contributed by atoms with Gasteiger partial charge in [-0.1, -0.05) is 29.8 Å². The first-order valence-corrected chi connectivity index (χ1v) is 6.87. The summed E-state index contributed by atoms with van der Waals surface area (Å²) in [6.45, 7) is 0. The van der Waals surface area contributed by atoms with E-state index in [0.29, 0.717) is 27.9 Å². The van der Waals surface area contributed by atoms with Crippen LogP contribution in [0.25, 0.3) is 5.65 Å². The maximum absolute atomic E-state index is 11.0. The first-order chi connectivity index (χ1) is 10.6. The van der Waals surface area contributed by atoms with Crippen LogP contribution < -0.4 is 0 Å². The lowest BCUT2D eigenvalue weighted by atomic mass is 10.3. The number of carboxylic acid groups (broad SMARTS) is 1. The molecule has 0 fully saturated rings. The molecule has 0 aliphatic heterocycles. The second kappa shape index (κ2) is 5.95. The molecule has 0 atom stereocenters. The third-order valence-electron chi connectivity index (χ3n) is 3.00. The average molecular weight is 315 g/mol. The number of halogens is 1. The second-order valence-electron chi connectivity index (χ2n) is 4.53. The Bertz CT molecular complexity index is 873. The zero-order valence-corrected chi connectivity index (χ0v) is 12.1. The van der Waals surface area contributed by atoms with Crippen LogP contribution in [0.3, 0.4) is 0 Å². The molecule has 0 aliphatic carbocycles. The monoisotopic (exact) mass is 314 g/mol. The third-order valence-corrected chi connectivity index (χ3v) is 3.32. The molecular weight excluding hydrogens is 304 g/mol. The van der Waals surface area contributed by atoms with E-state index in [-0.39, 0.29) is 6.42 Å². The number of carboxylic acids is 1. The van der Waals surface area contributed by atoms with Crippen LogP contribution in [0.5, 0.6) is 0 Å². The number of benzene rings is 1. The zero-order valence-electron chi connectivity index (χ0n) is 11.3. The maximum atomic E-state index is 11.0. The van der Waals surface area contributed by atoms with Crippen LogP contribution in [0.4, 0.5) is 11.5 Å². The minimum atomic E-state index is -0.974. The lowest BCUT2D eigenvalue weighted by molar-refractivity contribution is -0.136. The molecule has 0 bridgehead atoms. The summed E-state index contributed by atoms with van der Waals surface area (Å²) in [7, 11) is 0. The van der Waals surface area contributed by atoms with Crippen molar-refractivity contribution in [1.29, 1.82) is 0 Å². The molecule has 0 amide bonds. The highest BCUT2D eigenvalue weighted by molar-refractivity contribution is 6.32. The van der Waals surface area contributed by atoms with Gasteiger partial charge in [0.25, 0.3) is 0 Å². The highest BCUT2D eigenvalue weighted by Crippen LogP contribution is 2.28. The fraction of sp³-hybridized carbons (Fsp3) is 0.0667. The highest BCUT2D eigenvalue weighted by atomic mass is 35.5. The molecule has 110 valence electrons. The summed E-state index contributed by atoms with van der Waals surface area (Å²) in [5, 5.41) is 17.7. The van der Waals surface area contributed by atoms with E-state index in [2.05, 4.69) is 15.2 Å². The molecule has 2 heterocycles.